The number of carbonyl (C=O) groups excluding carboxylic acids is 1. The fraction of sp³-hybridized carbons (Fsp3) is 0.350. The number of aryl methyl sites for hydroxylation is 2. The molecule has 1 saturated heterocycles. The predicted molar refractivity (Wildman–Crippen MR) is 104 cm³/mol. The lowest BCUT2D eigenvalue weighted by atomic mass is 10.1. The highest BCUT2D eigenvalue weighted by Gasteiger charge is 2.35. The zero-order valence-corrected chi connectivity index (χ0v) is 15.7. The van der Waals surface area contributed by atoms with Gasteiger partial charge in [0.1, 0.15) is 0 Å². The molecule has 0 bridgehead atoms. The summed E-state index contributed by atoms with van der Waals surface area (Å²) >= 11 is 0. The number of nitrogens with zero attached hydrogens (tertiary/aromatic N) is 7. The second kappa shape index (κ2) is 6.70. The molecule has 0 saturated carbocycles. The predicted octanol–water partition coefficient (Wildman–Crippen LogP) is 1.51. The molecule has 3 heterocycles. The van der Waals surface area contributed by atoms with E-state index < -0.39 is 0 Å². The van der Waals surface area contributed by atoms with E-state index in [2.05, 4.69) is 31.4 Å². The number of anilines is 1. The molecule has 8 nitrogen and oxygen atoms in total. The summed E-state index contributed by atoms with van der Waals surface area (Å²) in [6, 6.07) is 11.8. The first-order valence-electron chi connectivity index (χ1n) is 9.54. The van der Waals surface area contributed by atoms with E-state index in [0.29, 0.717) is 5.69 Å². The lowest BCUT2D eigenvalue weighted by Crippen LogP contribution is -2.60. The van der Waals surface area contributed by atoms with E-state index in [1.54, 1.807) is 4.90 Å². The van der Waals surface area contributed by atoms with Crippen LogP contribution in [0.15, 0.2) is 42.6 Å². The maximum Gasteiger partial charge on any atom is 0.276 e. The van der Waals surface area contributed by atoms with Crippen LogP contribution in [-0.4, -0.2) is 62.2 Å². The third kappa shape index (κ3) is 2.90. The van der Waals surface area contributed by atoms with Gasteiger partial charge in [-0.1, -0.05) is 18.2 Å². The molecule has 0 spiro atoms. The molecule has 3 aromatic rings. The van der Waals surface area contributed by atoms with Crippen LogP contribution in [0.4, 0.5) is 5.82 Å². The van der Waals surface area contributed by atoms with Gasteiger partial charge in [-0.15, -0.1) is 10.2 Å². The van der Waals surface area contributed by atoms with Gasteiger partial charge in [-0.25, -0.2) is 0 Å². The minimum atomic E-state index is -0.119. The summed E-state index contributed by atoms with van der Waals surface area (Å²) in [6.07, 6.45) is 4.81. The number of aromatic nitrogens is 5. The first-order valence-corrected chi connectivity index (χ1v) is 9.54. The topological polar surface area (TPSA) is 80.0 Å². The summed E-state index contributed by atoms with van der Waals surface area (Å²) in [4.78, 5) is 18.2. The highest BCUT2D eigenvalue weighted by Crippen LogP contribution is 2.26. The van der Waals surface area contributed by atoms with Crippen LogP contribution in [0.25, 0.3) is 5.69 Å². The fourth-order valence-corrected chi connectivity index (χ4v) is 3.75. The lowest BCUT2D eigenvalue weighted by Gasteiger charge is -2.44. The van der Waals surface area contributed by atoms with Crippen molar-refractivity contribution >= 4 is 11.7 Å². The first kappa shape index (κ1) is 16.9. The molecule has 0 N–H and O–H groups in total. The van der Waals surface area contributed by atoms with Gasteiger partial charge >= 0.3 is 0 Å². The smallest absolute Gasteiger partial charge is 0.276 e. The zero-order chi connectivity index (χ0) is 19.1. The number of likely N-dealkylation sites (N-methyl/N-ethyl adjacent to an activating group) is 1. The normalized spacial score (nSPS) is 16.0. The van der Waals surface area contributed by atoms with Crippen LogP contribution in [0, 0.1) is 0 Å². The van der Waals surface area contributed by atoms with Crippen molar-refractivity contribution in [3.05, 3.63) is 59.5 Å². The molecule has 1 fully saturated rings. The van der Waals surface area contributed by atoms with Crippen molar-refractivity contribution in [3.63, 3.8) is 0 Å². The molecular weight excluding hydrogens is 354 g/mol. The molecule has 142 valence electrons. The third-order valence-corrected chi connectivity index (χ3v) is 5.56. The van der Waals surface area contributed by atoms with Gasteiger partial charge in [-0.3, -0.25) is 4.79 Å². The van der Waals surface area contributed by atoms with E-state index >= 15 is 0 Å². The number of rotatable bonds is 4. The highest BCUT2D eigenvalue weighted by molar-refractivity contribution is 5.92. The first-order chi connectivity index (χ1) is 13.7. The molecule has 1 aliphatic carbocycles. The maximum atomic E-state index is 12.8. The minimum Gasteiger partial charge on any atom is -0.351 e. The van der Waals surface area contributed by atoms with Gasteiger partial charge in [-0.05, 0) is 43.0 Å². The van der Waals surface area contributed by atoms with Gasteiger partial charge in [-0.2, -0.15) is 15.0 Å². The van der Waals surface area contributed by atoms with Crippen LogP contribution < -0.4 is 4.90 Å². The number of hydrogen-bond donors (Lipinski definition) is 0. The zero-order valence-electron chi connectivity index (χ0n) is 15.7. The van der Waals surface area contributed by atoms with Crippen LogP contribution >= 0.6 is 0 Å². The number of hydrogen-bond acceptors (Lipinski definition) is 6. The Morgan fingerprint density at radius 3 is 2.79 bits per heavy atom. The van der Waals surface area contributed by atoms with E-state index in [4.69, 9.17) is 0 Å². The largest absolute Gasteiger partial charge is 0.351 e. The average Bonchev–Trinajstić information content (AvgIpc) is 3.36. The van der Waals surface area contributed by atoms with Crippen molar-refractivity contribution in [2.24, 2.45) is 0 Å². The summed E-state index contributed by atoms with van der Waals surface area (Å²) in [7, 11) is 1.82. The van der Waals surface area contributed by atoms with Gasteiger partial charge in [0.05, 0.1) is 23.6 Å². The monoisotopic (exact) mass is 375 g/mol. The van der Waals surface area contributed by atoms with Crippen molar-refractivity contribution in [2.75, 3.05) is 25.0 Å². The molecule has 8 heteroatoms. The summed E-state index contributed by atoms with van der Waals surface area (Å²) in [5.74, 6) is 0.791. The van der Waals surface area contributed by atoms with Gasteiger partial charge in [0.2, 0.25) is 0 Å². The van der Waals surface area contributed by atoms with Crippen molar-refractivity contribution in [1.82, 2.24) is 30.1 Å². The Hall–Kier alpha value is -3.29. The molecule has 1 amide bonds. The molecule has 0 atom stereocenters. The summed E-state index contributed by atoms with van der Waals surface area (Å²) in [6.45, 7) is 1.51. The Labute approximate surface area is 162 Å². The second-order valence-corrected chi connectivity index (χ2v) is 7.36. The molecule has 0 radical (unpaired) electrons. The van der Waals surface area contributed by atoms with Crippen LogP contribution in [0.1, 0.15) is 28.2 Å². The van der Waals surface area contributed by atoms with E-state index in [0.717, 1.165) is 49.6 Å². The molecule has 28 heavy (non-hydrogen) atoms. The SMILES string of the molecule is CN(C(=O)c1cnn(-c2ccccc2)n1)C1CN(c2cc3c(nn2)CCC3)C1. The van der Waals surface area contributed by atoms with E-state index in [1.165, 1.54) is 16.6 Å². The van der Waals surface area contributed by atoms with Crippen LogP contribution in [0.5, 0.6) is 0 Å². The number of benzene rings is 1. The van der Waals surface area contributed by atoms with Crippen molar-refractivity contribution < 1.29 is 4.79 Å². The van der Waals surface area contributed by atoms with Crippen LogP contribution in [0.3, 0.4) is 0 Å². The summed E-state index contributed by atoms with van der Waals surface area (Å²) in [5, 5.41) is 17.3. The maximum absolute atomic E-state index is 12.8. The molecule has 1 aromatic carbocycles. The van der Waals surface area contributed by atoms with Gasteiger partial charge < -0.3 is 9.80 Å². The third-order valence-electron chi connectivity index (χ3n) is 5.56. The van der Waals surface area contributed by atoms with Crippen molar-refractivity contribution in [2.45, 2.75) is 25.3 Å². The Kier molecular flexibility index (Phi) is 4.03. The molecule has 1 aliphatic heterocycles. The molecule has 5 rings (SSSR count). The van der Waals surface area contributed by atoms with Crippen molar-refractivity contribution in [1.29, 1.82) is 0 Å². The van der Waals surface area contributed by atoms with Gasteiger partial charge in [0.25, 0.3) is 5.91 Å². The Balaban J connectivity index is 1.23. The molecule has 0 unspecified atom stereocenters. The Morgan fingerprint density at radius 2 is 1.96 bits per heavy atom. The van der Waals surface area contributed by atoms with E-state index in [9.17, 15) is 4.79 Å². The molecular formula is C20H21N7O. The lowest BCUT2D eigenvalue weighted by molar-refractivity contribution is 0.0698. The molecule has 2 aliphatic rings. The standard InChI is InChI=1S/C20H21N7O/c1-25(20(28)18-11-21-27(24-18)15-7-3-2-4-8-15)16-12-26(13-16)19-10-14-6-5-9-17(14)22-23-19/h2-4,7-8,10-11,16H,5-6,9,12-13H2,1H3. The number of para-hydroxylation sites is 1. The second-order valence-electron chi connectivity index (χ2n) is 7.36. The Morgan fingerprint density at radius 1 is 1.14 bits per heavy atom. The fourth-order valence-electron chi connectivity index (χ4n) is 3.75. The van der Waals surface area contributed by atoms with Crippen LogP contribution in [0.2, 0.25) is 0 Å². The van der Waals surface area contributed by atoms with Crippen LogP contribution in [-0.2, 0) is 12.8 Å². The average molecular weight is 375 g/mol. The minimum absolute atomic E-state index is 0.119. The van der Waals surface area contributed by atoms with E-state index in [1.807, 2.05) is 37.4 Å². The highest BCUT2D eigenvalue weighted by atomic mass is 16.2. The number of fused-ring (bicyclic) bond motifs is 1. The van der Waals surface area contributed by atoms with Gasteiger partial charge in [0, 0.05) is 20.1 Å². The number of carbonyl (C=O) groups is 1. The summed E-state index contributed by atoms with van der Waals surface area (Å²) < 4.78 is 0. The Bertz CT molecular complexity index is 1010. The number of amides is 1. The molecule has 2 aromatic heterocycles. The quantitative estimate of drug-likeness (QED) is 0.688. The van der Waals surface area contributed by atoms with E-state index in [-0.39, 0.29) is 11.9 Å². The van der Waals surface area contributed by atoms with Gasteiger partial charge in [0.15, 0.2) is 11.5 Å². The van der Waals surface area contributed by atoms with Crippen molar-refractivity contribution in [3.8, 4) is 5.69 Å². The summed E-state index contributed by atoms with van der Waals surface area (Å²) in [5.41, 5.74) is 3.63.